The molecule has 0 aliphatic heterocycles. The Bertz CT molecular complexity index is 766. The van der Waals surface area contributed by atoms with Crippen molar-refractivity contribution in [3.63, 3.8) is 0 Å². The molecule has 2 aromatic carbocycles. The van der Waals surface area contributed by atoms with E-state index in [1.54, 1.807) is 6.07 Å². The molecule has 0 saturated heterocycles. The van der Waals surface area contributed by atoms with Crippen molar-refractivity contribution in [2.24, 2.45) is 0 Å². The Kier molecular flexibility index (Phi) is 3.62. The fourth-order valence-electron chi connectivity index (χ4n) is 2.02. The maximum Gasteiger partial charge on any atom is 0.416 e. The summed E-state index contributed by atoms with van der Waals surface area (Å²) in [5, 5.41) is 12.0. The van der Waals surface area contributed by atoms with Gasteiger partial charge in [-0.1, -0.05) is 42.5 Å². The number of nitrogens with zero attached hydrogens (tertiary/aromatic N) is 4. The summed E-state index contributed by atoms with van der Waals surface area (Å²) in [5.74, 6) is 0.438. The van der Waals surface area contributed by atoms with Crippen molar-refractivity contribution in [1.29, 1.82) is 0 Å². The van der Waals surface area contributed by atoms with Crippen molar-refractivity contribution in [3.8, 4) is 11.4 Å². The Balaban J connectivity index is 1.81. The molecule has 0 amide bonds. The number of halogens is 3. The van der Waals surface area contributed by atoms with E-state index in [-0.39, 0.29) is 6.54 Å². The summed E-state index contributed by atoms with van der Waals surface area (Å²) < 4.78 is 38.0. The average molecular weight is 304 g/mol. The van der Waals surface area contributed by atoms with E-state index >= 15 is 0 Å². The number of alkyl halides is 3. The van der Waals surface area contributed by atoms with Crippen LogP contribution >= 0.6 is 0 Å². The molecule has 0 bridgehead atoms. The van der Waals surface area contributed by atoms with Crippen LogP contribution in [-0.2, 0) is 12.7 Å². The van der Waals surface area contributed by atoms with Gasteiger partial charge in [-0.3, -0.25) is 0 Å². The minimum atomic E-state index is -4.36. The number of aromatic nitrogens is 4. The van der Waals surface area contributed by atoms with Gasteiger partial charge in [0.05, 0.1) is 12.1 Å². The summed E-state index contributed by atoms with van der Waals surface area (Å²) >= 11 is 0. The van der Waals surface area contributed by atoms with Crippen molar-refractivity contribution in [3.05, 3.63) is 65.7 Å². The molecule has 0 atom stereocenters. The molecule has 3 rings (SSSR count). The maximum absolute atomic E-state index is 12.7. The lowest BCUT2D eigenvalue weighted by Crippen LogP contribution is -2.08. The van der Waals surface area contributed by atoms with Crippen molar-refractivity contribution < 1.29 is 13.2 Å². The second-order valence-corrected chi connectivity index (χ2v) is 4.71. The first-order chi connectivity index (χ1) is 10.5. The predicted octanol–water partition coefficient (Wildman–Crippen LogP) is 3.41. The molecule has 3 aromatic rings. The second-order valence-electron chi connectivity index (χ2n) is 4.71. The summed E-state index contributed by atoms with van der Waals surface area (Å²) in [6, 6.07) is 14.3. The molecule has 0 saturated carbocycles. The van der Waals surface area contributed by atoms with Crippen LogP contribution in [0.15, 0.2) is 54.6 Å². The van der Waals surface area contributed by atoms with Gasteiger partial charge in [0.1, 0.15) is 0 Å². The van der Waals surface area contributed by atoms with Gasteiger partial charge >= 0.3 is 6.18 Å². The van der Waals surface area contributed by atoms with Gasteiger partial charge in [-0.15, -0.1) is 10.2 Å². The monoisotopic (exact) mass is 304 g/mol. The molecule has 0 aliphatic rings. The first kappa shape index (κ1) is 14.2. The van der Waals surface area contributed by atoms with Gasteiger partial charge in [0.15, 0.2) is 0 Å². The van der Waals surface area contributed by atoms with Crippen LogP contribution in [0.5, 0.6) is 0 Å². The van der Waals surface area contributed by atoms with Gasteiger partial charge in [0, 0.05) is 5.56 Å². The summed E-state index contributed by atoms with van der Waals surface area (Å²) in [4.78, 5) is 1.28. The highest BCUT2D eigenvalue weighted by molar-refractivity contribution is 5.52. The van der Waals surface area contributed by atoms with Crippen LogP contribution < -0.4 is 0 Å². The third-order valence-corrected chi connectivity index (χ3v) is 3.06. The van der Waals surface area contributed by atoms with Crippen LogP contribution in [0.1, 0.15) is 11.1 Å². The average Bonchev–Trinajstić information content (AvgIpc) is 2.96. The first-order valence-electron chi connectivity index (χ1n) is 6.52. The van der Waals surface area contributed by atoms with E-state index in [4.69, 9.17) is 0 Å². The zero-order chi connectivity index (χ0) is 15.6. The van der Waals surface area contributed by atoms with Crippen LogP contribution in [0.4, 0.5) is 13.2 Å². The Morgan fingerprint density at radius 3 is 2.45 bits per heavy atom. The van der Waals surface area contributed by atoms with Crippen LogP contribution in [0.3, 0.4) is 0 Å². The van der Waals surface area contributed by atoms with Crippen LogP contribution in [-0.4, -0.2) is 20.2 Å². The van der Waals surface area contributed by atoms with Gasteiger partial charge in [-0.25, -0.2) is 0 Å². The molecule has 0 fully saturated rings. The molecule has 0 radical (unpaired) electrons. The molecule has 0 N–H and O–H groups in total. The number of tetrazole rings is 1. The molecule has 0 aliphatic carbocycles. The lowest BCUT2D eigenvalue weighted by molar-refractivity contribution is -0.137. The van der Waals surface area contributed by atoms with Crippen molar-refractivity contribution in [2.75, 3.05) is 0 Å². The number of hydrogen-bond acceptors (Lipinski definition) is 3. The Hall–Kier alpha value is -2.70. The lowest BCUT2D eigenvalue weighted by Gasteiger charge is -2.08. The summed E-state index contributed by atoms with van der Waals surface area (Å²) in [6.07, 6.45) is -4.36. The zero-order valence-corrected chi connectivity index (χ0v) is 11.3. The largest absolute Gasteiger partial charge is 0.416 e. The highest BCUT2D eigenvalue weighted by atomic mass is 19.4. The van der Waals surface area contributed by atoms with E-state index in [1.165, 1.54) is 10.9 Å². The molecule has 4 nitrogen and oxygen atoms in total. The third-order valence-electron chi connectivity index (χ3n) is 3.06. The molecule has 1 aromatic heterocycles. The fraction of sp³-hybridized carbons (Fsp3) is 0.133. The predicted molar refractivity (Wildman–Crippen MR) is 73.8 cm³/mol. The number of benzene rings is 2. The van der Waals surface area contributed by atoms with Gasteiger partial charge in [0.2, 0.25) is 5.82 Å². The van der Waals surface area contributed by atoms with E-state index in [0.29, 0.717) is 11.4 Å². The summed E-state index contributed by atoms with van der Waals surface area (Å²) in [7, 11) is 0. The molecule has 0 unspecified atom stereocenters. The van der Waals surface area contributed by atoms with E-state index in [1.807, 2.05) is 30.3 Å². The minimum absolute atomic E-state index is 0.129. The van der Waals surface area contributed by atoms with Crippen LogP contribution in [0, 0.1) is 0 Å². The molecular weight excluding hydrogens is 293 g/mol. The first-order valence-corrected chi connectivity index (χ1v) is 6.52. The smallest absolute Gasteiger partial charge is 0.166 e. The van der Waals surface area contributed by atoms with Gasteiger partial charge in [-0.05, 0) is 22.9 Å². The Labute approximate surface area is 124 Å². The van der Waals surface area contributed by atoms with Crippen LogP contribution in [0.25, 0.3) is 11.4 Å². The second kappa shape index (κ2) is 5.59. The number of hydrogen-bond donors (Lipinski definition) is 0. The third kappa shape index (κ3) is 3.13. The maximum atomic E-state index is 12.7. The molecule has 1 heterocycles. The Morgan fingerprint density at radius 1 is 0.955 bits per heavy atom. The lowest BCUT2D eigenvalue weighted by atomic mass is 10.1. The molecule has 0 spiro atoms. The normalized spacial score (nSPS) is 11.6. The van der Waals surface area contributed by atoms with Crippen molar-refractivity contribution >= 4 is 0 Å². The Morgan fingerprint density at radius 2 is 1.73 bits per heavy atom. The van der Waals surface area contributed by atoms with Crippen LogP contribution in [0.2, 0.25) is 0 Å². The highest BCUT2D eigenvalue weighted by Gasteiger charge is 2.30. The molecular formula is C15H11F3N4. The topological polar surface area (TPSA) is 43.6 Å². The quantitative estimate of drug-likeness (QED) is 0.745. The zero-order valence-electron chi connectivity index (χ0n) is 11.3. The van der Waals surface area contributed by atoms with Gasteiger partial charge in [0.25, 0.3) is 0 Å². The number of rotatable bonds is 3. The summed E-state index contributed by atoms with van der Waals surface area (Å²) in [6.45, 7) is 0.129. The fourth-order valence-corrected chi connectivity index (χ4v) is 2.02. The van der Waals surface area contributed by atoms with E-state index in [9.17, 15) is 13.2 Å². The standard InChI is InChI=1S/C15H11F3N4/c16-15(17,18)13-8-4-5-11(9-13)10-22-20-14(19-21-22)12-6-2-1-3-7-12/h1-9H,10H2. The molecule has 22 heavy (non-hydrogen) atoms. The SMILES string of the molecule is FC(F)(F)c1cccc(Cn2nnc(-c3ccccc3)n2)c1. The van der Waals surface area contributed by atoms with Gasteiger partial charge < -0.3 is 0 Å². The van der Waals surface area contributed by atoms with E-state index in [0.717, 1.165) is 17.7 Å². The van der Waals surface area contributed by atoms with E-state index in [2.05, 4.69) is 15.4 Å². The minimum Gasteiger partial charge on any atom is -0.166 e. The molecule has 112 valence electrons. The highest BCUT2D eigenvalue weighted by Crippen LogP contribution is 2.29. The summed E-state index contributed by atoms with van der Waals surface area (Å²) in [5.41, 5.74) is 0.582. The van der Waals surface area contributed by atoms with Gasteiger partial charge in [-0.2, -0.15) is 18.0 Å². The van der Waals surface area contributed by atoms with Crippen molar-refractivity contribution in [2.45, 2.75) is 12.7 Å². The van der Waals surface area contributed by atoms with E-state index < -0.39 is 11.7 Å². The van der Waals surface area contributed by atoms with Crippen molar-refractivity contribution in [1.82, 2.24) is 20.2 Å². The molecule has 7 heteroatoms.